The van der Waals surface area contributed by atoms with Crippen LogP contribution in [-0.4, -0.2) is 48.3 Å². The van der Waals surface area contributed by atoms with Crippen LogP contribution in [0.1, 0.15) is 19.0 Å². The van der Waals surface area contributed by atoms with Crippen molar-refractivity contribution in [2.75, 3.05) is 6.61 Å². The van der Waals surface area contributed by atoms with Crippen LogP contribution < -0.4 is 10.1 Å². The molecule has 0 aliphatic carbocycles. The Balaban J connectivity index is 1.55. The molecule has 0 spiro atoms. The molecular formula is C19H20ClNO7. The van der Waals surface area contributed by atoms with Gasteiger partial charge in [-0.2, -0.15) is 0 Å². The molecule has 2 fully saturated rings. The van der Waals surface area contributed by atoms with Crippen molar-refractivity contribution < 1.29 is 33.3 Å². The largest absolute Gasteiger partial charge is 0.464 e. The number of rotatable bonds is 4. The van der Waals surface area contributed by atoms with Gasteiger partial charge < -0.3 is 33.8 Å². The first-order valence-corrected chi connectivity index (χ1v) is 9.23. The average Bonchev–Trinajstić information content (AvgIpc) is 3.21. The van der Waals surface area contributed by atoms with Gasteiger partial charge in [0.05, 0.1) is 17.9 Å². The van der Waals surface area contributed by atoms with Crippen molar-refractivity contribution in [3.8, 4) is 5.75 Å². The SMILES string of the molecule is CC(=O)N[C@H]1[C@H](Oc2ccccc2Cl)O[C@@H]2CO[C@@H](c3ccco3)O[C@H]2[C@@H]1O. The zero-order valence-electron chi connectivity index (χ0n) is 15.0. The lowest BCUT2D eigenvalue weighted by molar-refractivity contribution is -0.336. The predicted octanol–water partition coefficient (Wildman–Crippen LogP) is 2.02. The summed E-state index contributed by atoms with van der Waals surface area (Å²) in [5.41, 5.74) is 0. The number of amides is 1. The lowest BCUT2D eigenvalue weighted by Gasteiger charge is -2.47. The van der Waals surface area contributed by atoms with Gasteiger partial charge in [0.2, 0.25) is 18.5 Å². The molecule has 2 N–H and O–H groups in total. The van der Waals surface area contributed by atoms with Crippen molar-refractivity contribution in [2.45, 2.75) is 43.9 Å². The highest BCUT2D eigenvalue weighted by molar-refractivity contribution is 6.32. The Morgan fingerprint density at radius 3 is 2.79 bits per heavy atom. The molecule has 1 aromatic carbocycles. The molecule has 28 heavy (non-hydrogen) atoms. The number of aliphatic hydroxyl groups excluding tert-OH is 1. The number of hydrogen-bond acceptors (Lipinski definition) is 7. The second-order valence-corrected chi connectivity index (χ2v) is 7.00. The van der Waals surface area contributed by atoms with Gasteiger partial charge in [-0.05, 0) is 24.3 Å². The Bertz CT molecular complexity index is 814. The Kier molecular flexibility index (Phi) is 5.56. The fraction of sp³-hybridized carbons (Fsp3) is 0.421. The number of halogens is 1. The summed E-state index contributed by atoms with van der Waals surface area (Å²) in [6.07, 6.45) is -2.68. The number of carbonyl (C=O) groups excluding carboxylic acids is 1. The van der Waals surface area contributed by atoms with Crippen molar-refractivity contribution in [2.24, 2.45) is 0 Å². The van der Waals surface area contributed by atoms with Crippen molar-refractivity contribution in [1.82, 2.24) is 5.32 Å². The minimum Gasteiger partial charge on any atom is -0.464 e. The number of furan rings is 1. The van der Waals surface area contributed by atoms with Gasteiger partial charge >= 0.3 is 0 Å². The molecule has 0 saturated carbocycles. The molecular weight excluding hydrogens is 390 g/mol. The minimum atomic E-state index is -1.10. The van der Waals surface area contributed by atoms with Gasteiger partial charge in [0.1, 0.15) is 30.1 Å². The number of benzene rings is 1. The summed E-state index contributed by atoms with van der Waals surface area (Å²) in [6.45, 7) is 1.50. The van der Waals surface area contributed by atoms with Crippen LogP contribution in [0.5, 0.6) is 5.75 Å². The van der Waals surface area contributed by atoms with Crippen molar-refractivity contribution in [1.29, 1.82) is 0 Å². The average molecular weight is 410 g/mol. The molecule has 6 atom stereocenters. The summed E-state index contributed by atoms with van der Waals surface area (Å²) in [5, 5.41) is 14.0. The van der Waals surface area contributed by atoms with E-state index in [0.717, 1.165) is 0 Å². The fourth-order valence-electron chi connectivity index (χ4n) is 3.32. The number of ether oxygens (including phenoxy) is 4. The van der Waals surface area contributed by atoms with E-state index in [2.05, 4.69) is 5.32 Å². The van der Waals surface area contributed by atoms with Crippen LogP contribution in [0.4, 0.5) is 0 Å². The van der Waals surface area contributed by atoms with Crippen molar-refractivity contribution >= 4 is 17.5 Å². The first kappa shape index (κ1) is 19.2. The van der Waals surface area contributed by atoms with E-state index in [4.69, 9.17) is 35.0 Å². The van der Waals surface area contributed by atoms with Gasteiger partial charge in [-0.1, -0.05) is 23.7 Å². The van der Waals surface area contributed by atoms with Gasteiger partial charge in [0.25, 0.3) is 0 Å². The highest BCUT2D eigenvalue weighted by atomic mass is 35.5. The number of fused-ring (bicyclic) bond motifs is 1. The van der Waals surface area contributed by atoms with Gasteiger partial charge in [-0.3, -0.25) is 4.79 Å². The summed E-state index contributed by atoms with van der Waals surface area (Å²) in [7, 11) is 0. The van der Waals surface area contributed by atoms with Crippen LogP contribution in [0.25, 0.3) is 0 Å². The molecule has 2 aromatic rings. The summed E-state index contributed by atoms with van der Waals surface area (Å²) >= 11 is 6.16. The van der Waals surface area contributed by atoms with Gasteiger partial charge in [-0.15, -0.1) is 0 Å². The zero-order valence-corrected chi connectivity index (χ0v) is 15.7. The van der Waals surface area contributed by atoms with E-state index < -0.39 is 36.9 Å². The van der Waals surface area contributed by atoms with Crippen LogP contribution in [-0.2, 0) is 19.0 Å². The lowest BCUT2D eigenvalue weighted by Crippen LogP contribution is -2.67. The van der Waals surface area contributed by atoms with E-state index in [9.17, 15) is 9.90 Å². The van der Waals surface area contributed by atoms with E-state index >= 15 is 0 Å². The predicted molar refractivity (Wildman–Crippen MR) is 96.6 cm³/mol. The molecule has 3 heterocycles. The van der Waals surface area contributed by atoms with E-state index in [1.165, 1.54) is 13.2 Å². The third-order valence-corrected chi connectivity index (χ3v) is 4.90. The third-order valence-electron chi connectivity index (χ3n) is 4.59. The first-order chi connectivity index (χ1) is 13.5. The molecule has 2 aliphatic heterocycles. The number of carbonyl (C=O) groups is 1. The number of nitrogens with one attached hydrogen (secondary N) is 1. The minimum absolute atomic E-state index is 0.155. The molecule has 8 nitrogen and oxygen atoms in total. The topological polar surface area (TPSA) is 99.4 Å². The lowest BCUT2D eigenvalue weighted by atomic mass is 9.96. The number of hydrogen-bond donors (Lipinski definition) is 2. The van der Waals surface area contributed by atoms with E-state index in [1.54, 1.807) is 36.4 Å². The van der Waals surface area contributed by atoms with E-state index in [1.807, 2.05) is 0 Å². The van der Waals surface area contributed by atoms with E-state index in [0.29, 0.717) is 16.5 Å². The second-order valence-electron chi connectivity index (χ2n) is 6.59. The highest BCUT2D eigenvalue weighted by Crippen LogP contribution is 2.35. The fourth-order valence-corrected chi connectivity index (χ4v) is 3.50. The van der Waals surface area contributed by atoms with Crippen LogP contribution in [0.3, 0.4) is 0 Å². The standard InChI is InChI=1S/C19H20ClNO7/c1-10(22)21-15-16(23)17-14(9-25-18(28-17)13-7-4-8-24-13)27-19(15)26-12-6-3-2-5-11(12)20/h2-8,14-19,23H,9H2,1H3,(H,21,22)/t14-,15-,16-,17-,18-,19-/m1/s1. The molecule has 9 heteroatoms. The maximum absolute atomic E-state index is 11.7. The summed E-state index contributed by atoms with van der Waals surface area (Å²) in [4.78, 5) is 11.7. The normalized spacial score (nSPS) is 32.4. The molecule has 0 unspecified atom stereocenters. The zero-order chi connectivity index (χ0) is 19.7. The van der Waals surface area contributed by atoms with Gasteiger partial charge in [0, 0.05) is 6.92 Å². The summed E-state index contributed by atoms with van der Waals surface area (Å²) < 4.78 is 28.6. The molecule has 4 rings (SSSR count). The molecule has 0 bridgehead atoms. The summed E-state index contributed by atoms with van der Waals surface area (Å²) in [5.74, 6) is 0.519. The molecule has 150 valence electrons. The number of aliphatic hydroxyl groups is 1. The maximum atomic E-state index is 11.7. The third kappa shape index (κ3) is 3.87. The van der Waals surface area contributed by atoms with Crippen LogP contribution in [0.15, 0.2) is 47.1 Å². The van der Waals surface area contributed by atoms with Gasteiger partial charge in [-0.25, -0.2) is 0 Å². The van der Waals surface area contributed by atoms with Crippen LogP contribution >= 0.6 is 11.6 Å². The summed E-state index contributed by atoms with van der Waals surface area (Å²) in [6, 6.07) is 9.45. The quantitative estimate of drug-likeness (QED) is 0.796. The molecule has 0 radical (unpaired) electrons. The Morgan fingerprint density at radius 2 is 2.07 bits per heavy atom. The molecule has 2 aliphatic rings. The Hall–Kier alpha value is -2.10. The number of para-hydroxylation sites is 1. The maximum Gasteiger partial charge on any atom is 0.223 e. The van der Waals surface area contributed by atoms with Crippen molar-refractivity contribution in [3.05, 3.63) is 53.4 Å². The second kappa shape index (κ2) is 8.10. The van der Waals surface area contributed by atoms with Gasteiger partial charge in [0.15, 0.2) is 5.76 Å². The highest BCUT2D eigenvalue weighted by Gasteiger charge is 2.51. The molecule has 1 amide bonds. The molecule has 1 aromatic heterocycles. The van der Waals surface area contributed by atoms with Crippen LogP contribution in [0.2, 0.25) is 5.02 Å². The smallest absolute Gasteiger partial charge is 0.223 e. The van der Waals surface area contributed by atoms with E-state index in [-0.39, 0.29) is 12.5 Å². The van der Waals surface area contributed by atoms with Crippen LogP contribution in [0, 0.1) is 0 Å². The monoisotopic (exact) mass is 409 g/mol. The Morgan fingerprint density at radius 1 is 1.25 bits per heavy atom. The van der Waals surface area contributed by atoms with Crippen molar-refractivity contribution in [3.63, 3.8) is 0 Å². The molecule has 2 saturated heterocycles. The first-order valence-electron chi connectivity index (χ1n) is 8.85. The Labute approximate surface area is 166 Å².